The van der Waals surface area contributed by atoms with Crippen LogP contribution in [0.5, 0.6) is 0 Å². The van der Waals surface area contributed by atoms with Gasteiger partial charge in [0, 0.05) is 11.9 Å². The quantitative estimate of drug-likeness (QED) is 0.594. The van der Waals surface area contributed by atoms with Crippen LogP contribution in [-0.4, -0.2) is 4.57 Å². The molecule has 0 unspecified atom stereocenters. The van der Waals surface area contributed by atoms with E-state index in [1.165, 1.54) is 0 Å². The summed E-state index contributed by atoms with van der Waals surface area (Å²) in [5, 5.41) is 0.873. The highest BCUT2D eigenvalue weighted by Gasteiger charge is 2.35. The number of thiazole rings is 1. The van der Waals surface area contributed by atoms with E-state index in [9.17, 15) is 18.0 Å². The average molecular weight is 251 g/mol. The smallest absolute Gasteiger partial charge is 0.295 e. The maximum atomic E-state index is 12.5. The first-order valence-corrected chi connectivity index (χ1v) is 5.71. The third kappa shape index (κ3) is 3.23. The Balaban J connectivity index is 2.79. The van der Waals surface area contributed by atoms with Crippen molar-refractivity contribution >= 4 is 11.3 Å². The van der Waals surface area contributed by atoms with Crippen molar-refractivity contribution in [1.29, 1.82) is 0 Å². The van der Waals surface area contributed by atoms with Crippen LogP contribution in [-0.2, 0) is 12.7 Å². The molecule has 1 aromatic rings. The fourth-order valence-corrected chi connectivity index (χ4v) is 2.09. The zero-order valence-corrected chi connectivity index (χ0v) is 9.57. The van der Waals surface area contributed by atoms with Crippen molar-refractivity contribution in [2.45, 2.75) is 32.5 Å². The summed E-state index contributed by atoms with van der Waals surface area (Å²) < 4.78 is 38.2. The van der Waals surface area contributed by atoms with Gasteiger partial charge < -0.3 is 0 Å². The number of rotatable bonds is 4. The van der Waals surface area contributed by atoms with Crippen LogP contribution in [0.15, 0.2) is 22.3 Å². The molecule has 2 nitrogen and oxygen atoms in total. The normalized spacial score (nSPS) is 12.5. The Morgan fingerprint density at radius 1 is 1.50 bits per heavy atom. The molecule has 6 heteroatoms. The van der Waals surface area contributed by atoms with Gasteiger partial charge in [-0.05, 0) is 19.8 Å². The van der Waals surface area contributed by atoms with Crippen LogP contribution in [0.3, 0.4) is 0 Å². The molecule has 0 aliphatic carbocycles. The number of allylic oxidation sites excluding steroid dienone is 2. The van der Waals surface area contributed by atoms with Crippen LogP contribution in [0, 0.1) is 0 Å². The summed E-state index contributed by atoms with van der Waals surface area (Å²) in [4.78, 5) is 10.7. The Bertz CT molecular complexity index is 416. The van der Waals surface area contributed by atoms with Crippen molar-refractivity contribution in [3.63, 3.8) is 0 Å². The Morgan fingerprint density at radius 2 is 2.19 bits per heavy atom. The predicted octanol–water partition coefficient (Wildman–Crippen LogP) is 3.28. The average Bonchev–Trinajstić information content (AvgIpc) is 2.54. The van der Waals surface area contributed by atoms with E-state index in [0.717, 1.165) is 9.95 Å². The minimum absolute atomic E-state index is 0.113. The fourth-order valence-electron chi connectivity index (χ4n) is 1.30. The lowest BCUT2D eigenvalue weighted by Crippen LogP contribution is -2.21. The van der Waals surface area contributed by atoms with E-state index >= 15 is 0 Å². The highest BCUT2D eigenvalue weighted by molar-refractivity contribution is 7.07. The van der Waals surface area contributed by atoms with Gasteiger partial charge in [0.05, 0.1) is 0 Å². The molecule has 90 valence electrons. The molecule has 0 amide bonds. The van der Waals surface area contributed by atoms with Gasteiger partial charge in [-0.3, -0.25) is 9.36 Å². The first-order chi connectivity index (χ1) is 7.46. The van der Waals surface area contributed by atoms with Crippen molar-refractivity contribution in [2.24, 2.45) is 0 Å². The monoisotopic (exact) mass is 251 g/mol. The maximum Gasteiger partial charge on any atom is 0.432 e. The molecule has 0 N–H and O–H groups in total. The third-order valence-corrected chi connectivity index (χ3v) is 2.82. The fraction of sp³-hybridized carbons (Fsp3) is 0.500. The summed E-state index contributed by atoms with van der Waals surface area (Å²) in [7, 11) is 0. The molecule has 1 heterocycles. The van der Waals surface area contributed by atoms with Crippen LogP contribution in [0.25, 0.3) is 0 Å². The number of hydrogen-bond acceptors (Lipinski definition) is 2. The number of aromatic nitrogens is 1. The molecule has 0 radical (unpaired) electrons. The van der Waals surface area contributed by atoms with Gasteiger partial charge in [-0.25, -0.2) is 0 Å². The van der Waals surface area contributed by atoms with Crippen LogP contribution in [0.1, 0.15) is 25.5 Å². The summed E-state index contributed by atoms with van der Waals surface area (Å²) in [5.41, 5.74) is -0.844. The zero-order chi connectivity index (χ0) is 12.2. The molecule has 0 aliphatic heterocycles. The second-order valence-corrected chi connectivity index (χ2v) is 4.07. The van der Waals surface area contributed by atoms with E-state index in [4.69, 9.17) is 0 Å². The Labute approximate surface area is 95.0 Å². The summed E-state index contributed by atoms with van der Waals surface area (Å²) in [6, 6.07) is 0. The van der Waals surface area contributed by atoms with E-state index < -0.39 is 16.7 Å². The predicted molar refractivity (Wildman–Crippen MR) is 57.6 cm³/mol. The molecule has 0 fully saturated rings. The summed E-state index contributed by atoms with van der Waals surface area (Å²) in [5.74, 6) is 0. The van der Waals surface area contributed by atoms with Crippen molar-refractivity contribution in [1.82, 2.24) is 4.57 Å². The van der Waals surface area contributed by atoms with Crippen LogP contribution in [0.2, 0.25) is 0 Å². The van der Waals surface area contributed by atoms with Gasteiger partial charge in [0.15, 0.2) is 0 Å². The molecule has 0 bridgehead atoms. The SMILES string of the molecule is C/C=C/CCCn1c(C(F)(F)F)csc1=O. The van der Waals surface area contributed by atoms with E-state index in [0.29, 0.717) is 24.2 Å². The van der Waals surface area contributed by atoms with Gasteiger partial charge in [0.25, 0.3) is 0 Å². The number of nitrogens with zero attached hydrogens (tertiary/aromatic N) is 1. The van der Waals surface area contributed by atoms with E-state index in [1.807, 2.05) is 19.1 Å². The zero-order valence-electron chi connectivity index (χ0n) is 8.75. The molecular formula is C10H12F3NOS. The van der Waals surface area contributed by atoms with Gasteiger partial charge in [-0.1, -0.05) is 23.5 Å². The van der Waals surface area contributed by atoms with E-state index in [-0.39, 0.29) is 6.54 Å². The van der Waals surface area contributed by atoms with Crippen LogP contribution < -0.4 is 4.87 Å². The van der Waals surface area contributed by atoms with Gasteiger partial charge in [0.1, 0.15) is 5.69 Å². The van der Waals surface area contributed by atoms with Gasteiger partial charge >= 0.3 is 11.0 Å². The van der Waals surface area contributed by atoms with Gasteiger partial charge in [-0.15, -0.1) is 0 Å². The van der Waals surface area contributed by atoms with Crippen molar-refractivity contribution in [2.75, 3.05) is 0 Å². The van der Waals surface area contributed by atoms with Crippen molar-refractivity contribution in [3.05, 3.63) is 32.9 Å². The Kier molecular flexibility index (Phi) is 4.35. The number of hydrogen-bond donors (Lipinski definition) is 0. The Morgan fingerprint density at radius 3 is 2.75 bits per heavy atom. The highest BCUT2D eigenvalue weighted by Crippen LogP contribution is 2.29. The molecule has 16 heavy (non-hydrogen) atoms. The topological polar surface area (TPSA) is 22.0 Å². The lowest BCUT2D eigenvalue weighted by atomic mass is 10.3. The summed E-state index contributed by atoms with van der Waals surface area (Å²) in [6.07, 6.45) is 0.464. The molecule has 0 spiro atoms. The largest absolute Gasteiger partial charge is 0.432 e. The minimum Gasteiger partial charge on any atom is -0.295 e. The standard InChI is InChI=1S/C10H12F3NOS/c1-2-3-4-5-6-14-8(10(11,12)13)7-16-9(14)15/h2-3,7H,4-6H2,1H3/b3-2+. The maximum absolute atomic E-state index is 12.5. The van der Waals surface area contributed by atoms with Crippen molar-refractivity contribution < 1.29 is 13.2 Å². The van der Waals surface area contributed by atoms with Gasteiger partial charge in [-0.2, -0.15) is 13.2 Å². The third-order valence-electron chi connectivity index (χ3n) is 2.06. The molecule has 1 aromatic heterocycles. The number of halogens is 3. The second kappa shape index (κ2) is 5.34. The summed E-state index contributed by atoms with van der Waals surface area (Å²) >= 11 is 0.591. The van der Waals surface area contributed by atoms with Crippen LogP contribution >= 0.6 is 11.3 Å². The van der Waals surface area contributed by atoms with Crippen molar-refractivity contribution in [3.8, 4) is 0 Å². The first kappa shape index (κ1) is 13.0. The second-order valence-electron chi connectivity index (χ2n) is 3.25. The minimum atomic E-state index is -4.44. The lowest BCUT2D eigenvalue weighted by molar-refractivity contribution is -0.143. The molecule has 0 aliphatic rings. The molecule has 0 saturated heterocycles. The molecule has 0 saturated carbocycles. The number of unbranched alkanes of at least 4 members (excludes halogenated alkanes) is 1. The first-order valence-electron chi connectivity index (χ1n) is 4.83. The van der Waals surface area contributed by atoms with E-state index in [1.54, 1.807) is 0 Å². The highest BCUT2D eigenvalue weighted by atomic mass is 32.1. The number of alkyl halides is 3. The van der Waals surface area contributed by atoms with Gasteiger partial charge in [0.2, 0.25) is 0 Å². The molecular weight excluding hydrogens is 239 g/mol. The molecule has 0 atom stereocenters. The van der Waals surface area contributed by atoms with E-state index in [2.05, 4.69) is 0 Å². The lowest BCUT2D eigenvalue weighted by Gasteiger charge is -2.09. The molecule has 0 aromatic carbocycles. The molecule has 1 rings (SSSR count). The Hall–Kier alpha value is -1.04. The van der Waals surface area contributed by atoms with Crippen LogP contribution in [0.4, 0.5) is 13.2 Å². The summed E-state index contributed by atoms with van der Waals surface area (Å²) in [6.45, 7) is 1.96.